The summed E-state index contributed by atoms with van der Waals surface area (Å²) < 4.78 is 5.82. The Morgan fingerprint density at radius 3 is 2.80 bits per heavy atom. The molecule has 0 bridgehead atoms. The zero-order valence-corrected chi connectivity index (χ0v) is 15.2. The molecular weight excluding hydrogens is 342 g/mol. The fraction of sp³-hybridized carbons (Fsp3) is 0.706. The molecule has 25 heavy (non-hydrogen) atoms. The van der Waals surface area contributed by atoms with Crippen LogP contribution in [-0.4, -0.2) is 71.7 Å². The van der Waals surface area contributed by atoms with E-state index in [2.05, 4.69) is 22.5 Å². The molecule has 1 aromatic heterocycles. The van der Waals surface area contributed by atoms with Crippen molar-refractivity contribution in [2.75, 3.05) is 31.6 Å². The van der Waals surface area contributed by atoms with Crippen LogP contribution in [0.3, 0.4) is 0 Å². The number of carbonyl (C=O) groups is 1. The van der Waals surface area contributed by atoms with Crippen molar-refractivity contribution in [1.82, 2.24) is 10.2 Å². The predicted octanol–water partition coefficient (Wildman–Crippen LogP) is 1.09. The van der Waals surface area contributed by atoms with Gasteiger partial charge in [0.05, 0.1) is 24.4 Å². The molecule has 2 aliphatic rings. The average molecular weight is 369 g/mol. The van der Waals surface area contributed by atoms with E-state index in [1.165, 1.54) is 11.3 Å². The van der Waals surface area contributed by atoms with Crippen molar-refractivity contribution in [2.45, 2.75) is 44.1 Å². The fourth-order valence-corrected chi connectivity index (χ4v) is 4.22. The minimum atomic E-state index is -0.745. The van der Waals surface area contributed by atoms with Gasteiger partial charge in [-0.1, -0.05) is 6.92 Å². The first-order valence-corrected chi connectivity index (χ1v) is 9.78. The second kappa shape index (κ2) is 8.46. The normalized spacial score (nSPS) is 31.2. The van der Waals surface area contributed by atoms with E-state index in [-0.39, 0.29) is 24.8 Å². The maximum absolute atomic E-state index is 12.0. The minimum Gasteiger partial charge on any atom is -0.394 e. The van der Waals surface area contributed by atoms with Gasteiger partial charge in [-0.3, -0.25) is 4.90 Å². The van der Waals surface area contributed by atoms with Crippen LogP contribution in [0, 0.1) is 5.92 Å². The van der Waals surface area contributed by atoms with E-state index in [0.29, 0.717) is 12.5 Å². The summed E-state index contributed by atoms with van der Waals surface area (Å²) in [5.41, 5.74) is 0.754. The highest BCUT2D eigenvalue weighted by atomic mass is 32.1. The molecule has 8 heteroatoms. The Morgan fingerprint density at radius 2 is 2.16 bits per heavy atom. The Hall–Kier alpha value is -1.19. The maximum Gasteiger partial charge on any atom is 0.319 e. The van der Waals surface area contributed by atoms with Crippen LogP contribution in [0.2, 0.25) is 0 Å². The number of piperidine rings is 1. The molecule has 1 aromatic rings. The zero-order valence-electron chi connectivity index (χ0n) is 14.4. The molecule has 0 radical (unpaired) electrons. The lowest BCUT2D eigenvalue weighted by molar-refractivity contribution is -0.0205. The van der Waals surface area contributed by atoms with Crippen molar-refractivity contribution in [3.05, 3.63) is 16.8 Å². The van der Waals surface area contributed by atoms with E-state index in [4.69, 9.17) is 4.74 Å². The summed E-state index contributed by atoms with van der Waals surface area (Å²) in [7, 11) is 0. The van der Waals surface area contributed by atoms with Gasteiger partial charge < -0.3 is 25.6 Å². The van der Waals surface area contributed by atoms with Gasteiger partial charge in [-0.2, -0.15) is 11.3 Å². The fourth-order valence-electron chi connectivity index (χ4n) is 3.63. The number of amides is 2. The monoisotopic (exact) mass is 369 g/mol. The van der Waals surface area contributed by atoms with Gasteiger partial charge in [0, 0.05) is 11.9 Å². The largest absolute Gasteiger partial charge is 0.394 e. The quantitative estimate of drug-likeness (QED) is 0.623. The maximum atomic E-state index is 12.0. The number of hydrogen-bond acceptors (Lipinski definition) is 6. The number of aliphatic hydroxyl groups excluding tert-OH is 2. The molecule has 2 amide bonds. The molecule has 0 aromatic carbocycles. The van der Waals surface area contributed by atoms with E-state index < -0.39 is 12.2 Å². The lowest BCUT2D eigenvalue weighted by Crippen LogP contribution is -2.53. The summed E-state index contributed by atoms with van der Waals surface area (Å²) >= 11 is 1.51. The second-order valence-corrected chi connectivity index (χ2v) is 7.72. The third-order valence-electron chi connectivity index (χ3n) is 5.12. The molecule has 7 nitrogen and oxygen atoms in total. The molecule has 3 rings (SSSR count). The van der Waals surface area contributed by atoms with Crippen LogP contribution in [0.1, 0.15) is 19.8 Å². The number of nitrogens with zero attached hydrogens (tertiary/aromatic N) is 1. The van der Waals surface area contributed by atoms with Gasteiger partial charge in [0.15, 0.2) is 0 Å². The number of ether oxygens (including phenoxy) is 1. The highest BCUT2D eigenvalue weighted by Gasteiger charge is 2.46. The van der Waals surface area contributed by atoms with Crippen LogP contribution in [0.5, 0.6) is 0 Å². The number of hydrogen-bond donors (Lipinski definition) is 4. The number of thiophene rings is 1. The highest BCUT2D eigenvalue weighted by molar-refractivity contribution is 7.08. The van der Waals surface area contributed by atoms with Crippen molar-refractivity contribution in [3.63, 3.8) is 0 Å². The molecular formula is C17H27N3O4S. The Morgan fingerprint density at radius 1 is 1.40 bits per heavy atom. The zero-order chi connectivity index (χ0) is 17.8. The first kappa shape index (κ1) is 18.6. The molecule has 0 aliphatic carbocycles. The van der Waals surface area contributed by atoms with Crippen LogP contribution in [0.15, 0.2) is 16.8 Å². The van der Waals surface area contributed by atoms with Crippen LogP contribution < -0.4 is 10.6 Å². The first-order chi connectivity index (χ1) is 12.1. The van der Waals surface area contributed by atoms with E-state index in [9.17, 15) is 15.0 Å². The molecule has 3 heterocycles. The number of rotatable bonds is 5. The SMILES string of the molecule is CC1CCN(C2C(CNC(=O)Nc3ccsc3)OC(CO)C2O)CC1. The Bertz CT molecular complexity index is 548. The number of anilines is 1. The van der Waals surface area contributed by atoms with Gasteiger partial charge in [0.2, 0.25) is 0 Å². The smallest absolute Gasteiger partial charge is 0.319 e. The van der Waals surface area contributed by atoms with Gasteiger partial charge in [-0.15, -0.1) is 0 Å². The molecule has 140 valence electrons. The van der Waals surface area contributed by atoms with Crippen LogP contribution in [0.25, 0.3) is 0 Å². The van der Waals surface area contributed by atoms with E-state index in [1.54, 1.807) is 0 Å². The van der Waals surface area contributed by atoms with E-state index in [1.807, 2.05) is 16.8 Å². The summed E-state index contributed by atoms with van der Waals surface area (Å²) in [6.07, 6.45) is 0.493. The average Bonchev–Trinajstić information content (AvgIpc) is 3.21. The van der Waals surface area contributed by atoms with Gasteiger partial charge in [0.1, 0.15) is 12.2 Å². The van der Waals surface area contributed by atoms with Crippen molar-refractivity contribution in [3.8, 4) is 0 Å². The van der Waals surface area contributed by atoms with Crippen molar-refractivity contribution in [1.29, 1.82) is 0 Å². The van der Waals surface area contributed by atoms with Crippen LogP contribution in [0.4, 0.5) is 10.5 Å². The number of aliphatic hydroxyl groups is 2. The summed E-state index contributed by atoms with van der Waals surface area (Å²) in [4.78, 5) is 14.3. The first-order valence-electron chi connectivity index (χ1n) is 8.84. The molecule has 4 atom stereocenters. The molecule has 2 aliphatic heterocycles. The van der Waals surface area contributed by atoms with Gasteiger partial charge in [-0.05, 0) is 43.3 Å². The molecule has 0 saturated carbocycles. The molecule has 2 saturated heterocycles. The predicted molar refractivity (Wildman–Crippen MR) is 96.9 cm³/mol. The third kappa shape index (κ3) is 4.51. The van der Waals surface area contributed by atoms with E-state index >= 15 is 0 Å². The Kier molecular flexibility index (Phi) is 6.29. The Balaban J connectivity index is 1.58. The number of carbonyl (C=O) groups excluding carboxylic acids is 1. The van der Waals surface area contributed by atoms with Crippen molar-refractivity contribution >= 4 is 23.1 Å². The number of likely N-dealkylation sites (tertiary alicyclic amines) is 1. The minimum absolute atomic E-state index is 0.203. The Labute approximate surface area is 152 Å². The number of urea groups is 1. The summed E-state index contributed by atoms with van der Waals surface area (Å²) in [6, 6.07) is 1.33. The molecule has 0 spiro atoms. The van der Waals surface area contributed by atoms with Crippen LogP contribution >= 0.6 is 11.3 Å². The lowest BCUT2D eigenvalue weighted by Gasteiger charge is -2.38. The molecule has 4 N–H and O–H groups in total. The van der Waals surface area contributed by atoms with Crippen molar-refractivity contribution in [2.24, 2.45) is 5.92 Å². The topological polar surface area (TPSA) is 94.1 Å². The summed E-state index contributed by atoms with van der Waals surface area (Å²) in [5, 5.41) is 29.3. The molecule has 2 fully saturated rings. The van der Waals surface area contributed by atoms with Gasteiger partial charge >= 0.3 is 6.03 Å². The van der Waals surface area contributed by atoms with Crippen LogP contribution in [-0.2, 0) is 4.74 Å². The summed E-state index contributed by atoms with van der Waals surface area (Å²) in [5.74, 6) is 0.692. The number of nitrogens with one attached hydrogen (secondary N) is 2. The molecule has 4 unspecified atom stereocenters. The van der Waals surface area contributed by atoms with E-state index in [0.717, 1.165) is 31.6 Å². The van der Waals surface area contributed by atoms with Gasteiger partial charge in [0.25, 0.3) is 0 Å². The lowest BCUT2D eigenvalue weighted by atomic mass is 9.94. The third-order valence-corrected chi connectivity index (χ3v) is 5.81. The van der Waals surface area contributed by atoms with Gasteiger partial charge in [-0.25, -0.2) is 4.79 Å². The standard InChI is InChI=1S/C17H27N3O4S/c1-11-2-5-20(6-3-11)15-13(24-14(9-21)16(15)22)8-18-17(23)19-12-4-7-25-10-12/h4,7,10-11,13-16,21-22H,2-3,5-6,8-9H2,1H3,(H2,18,19,23). The highest BCUT2D eigenvalue weighted by Crippen LogP contribution is 2.29. The summed E-state index contributed by atoms with van der Waals surface area (Å²) in [6.45, 7) is 4.12. The second-order valence-electron chi connectivity index (χ2n) is 6.94. The van der Waals surface area contributed by atoms with Crippen molar-refractivity contribution < 1.29 is 19.7 Å².